The van der Waals surface area contributed by atoms with Gasteiger partial charge in [0.1, 0.15) is 5.75 Å². The highest BCUT2D eigenvalue weighted by Crippen LogP contribution is 2.27. The molecule has 21 heavy (non-hydrogen) atoms. The lowest BCUT2D eigenvalue weighted by Crippen LogP contribution is -2.25. The quantitative estimate of drug-likeness (QED) is 0.739. The van der Waals surface area contributed by atoms with Gasteiger partial charge >= 0.3 is 0 Å². The van der Waals surface area contributed by atoms with E-state index in [4.69, 9.17) is 4.74 Å². The van der Waals surface area contributed by atoms with Gasteiger partial charge in [0.2, 0.25) is 0 Å². The number of thiophene rings is 1. The van der Waals surface area contributed by atoms with E-state index in [1.54, 1.807) is 7.11 Å². The molecule has 4 heteroatoms. The van der Waals surface area contributed by atoms with E-state index in [0.717, 1.165) is 31.7 Å². The van der Waals surface area contributed by atoms with Gasteiger partial charge in [-0.2, -0.15) is 0 Å². The lowest BCUT2D eigenvalue weighted by atomic mass is 9.95. The van der Waals surface area contributed by atoms with E-state index in [0.29, 0.717) is 5.92 Å². The lowest BCUT2D eigenvalue weighted by Gasteiger charge is -2.17. The van der Waals surface area contributed by atoms with Crippen LogP contribution in [-0.4, -0.2) is 20.2 Å². The molecule has 114 valence electrons. The molecule has 0 fully saturated rings. The van der Waals surface area contributed by atoms with Gasteiger partial charge in [0.15, 0.2) is 0 Å². The maximum absolute atomic E-state index is 5.32. The third kappa shape index (κ3) is 5.13. The lowest BCUT2D eigenvalue weighted by molar-refractivity contribution is 0.413. The van der Waals surface area contributed by atoms with Crippen LogP contribution in [0.25, 0.3) is 0 Å². The molecule has 1 aromatic carbocycles. The van der Waals surface area contributed by atoms with Gasteiger partial charge in [-0.05, 0) is 76.9 Å². The number of benzene rings is 1. The van der Waals surface area contributed by atoms with Crippen LogP contribution in [0, 0.1) is 5.92 Å². The van der Waals surface area contributed by atoms with E-state index in [-0.39, 0.29) is 0 Å². The fourth-order valence-corrected chi connectivity index (χ4v) is 4.06. The van der Waals surface area contributed by atoms with E-state index < -0.39 is 0 Å². The molecule has 0 radical (unpaired) electrons. The second-order valence-corrected chi connectivity index (χ2v) is 6.98. The molecular formula is C17H22BrNOS. The minimum absolute atomic E-state index is 0.590. The topological polar surface area (TPSA) is 21.3 Å². The molecule has 2 nitrogen and oxygen atoms in total. The SMILES string of the molecule is CCNCC(Cc1cccc(OC)c1)Cc1sccc1Br. The zero-order valence-corrected chi connectivity index (χ0v) is 15.0. The van der Waals surface area contributed by atoms with E-state index in [1.165, 1.54) is 14.9 Å². The number of halogens is 1. The van der Waals surface area contributed by atoms with Crippen molar-refractivity contribution in [1.82, 2.24) is 5.32 Å². The van der Waals surface area contributed by atoms with Gasteiger partial charge in [0.05, 0.1) is 7.11 Å². The van der Waals surface area contributed by atoms with Crippen LogP contribution in [0.2, 0.25) is 0 Å². The van der Waals surface area contributed by atoms with Gasteiger partial charge in [0.25, 0.3) is 0 Å². The van der Waals surface area contributed by atoms with Gasteiger partial charge in [-0.3, -0.25) is 0 Å². The van der Waals surface area contributed by atoms with Crippen LogP contribution in [0.3, 0.4) is 0 Å². The molecule has 1 atom stereocenters. The molecule has 0 saturated heterocycles. The Bertz CT molecular complexity index is 555. The highest BCUT2D eigenvalue weighted by molar-refractivity contribution is 9.10. The predicted octanol–water partition coefficient (Wildman–Crippen LogP) is 4.53. The molecule has 0 spiro atoms. The van der Waals surface area contributed by atoms with Crippen LogP contribution in [0.1, 0.15) is 17.4 Å². The van der Waals surface area contributed by atoms with Crippen molar-refractivity contribution in [2.75, 3.05) is 20.2 Å². The Balaban J connectivity index is 2.06. The van der Waals surface area contributed by atoms with Crippen molar-refractivity contribution in [2.24, 2.45) is 5.92 Å². The van der Waals surface area contributed by atoms with Crippen molar-refractivity contribution in [3.8, 4) is 5.75 Å². The molecule has 2 aromatic rings. The number of nitrogens with one attached hydrogen (secondary N) is 1. The number of hydrogen-bond acceptors (Lipinski definition) is 3. The summed E-state index contributed by atoms with van der Waals surface area (Å²) in [6.45, 7) is 4.21. The monoisotopic (exact) mass is 367 g/mol. The molecule has 1 aromatic heterocycles. The molecule has 1 unspecified atom stereocenters. The summed E-state index contributed by atoms with van der Waals surface area (Å²) in [6, 6.07) is 10.5. The average Bonchev–Trinajstić information content (AvgIpc) is 2.90. The molecule has 0 aliphatic heterocycles. The highest BCUT2D eigenvalue weighted by Gasteiger charge is 2.13. The second-order valence-electron chi connectivity index (χ2n) is 5.13. The Morgan fingerprint density at radius 1 is 1.29 bits per heavy atom. The Kier molecular flexibility index (Phi) is 6.74. The highest BCUT2D eigenvalue weighted by atomic mass is 79.9. The predicted molar refractivity (Wildman–Crippen MR) is 94.5 cm³/mol. The van der Waals surface area contributed by atoms with E-state index >= 15 is 0 Å². The van der Waals surface area contributed by atoms with Crippen molar-refractivity contribution in [3.05, 3.63) is 50.6 Å². The Morgan fingerprint density at radius 2 is 2.14 bits per heavy atom. The Labute approximate surface area is 139 Å². The van der Waals surface area contributed by atoms with Crippen LogP contribution in [-0.2, 0) is 12.8 Å². The van der Waals surface area contributed by atoms with E-state index in [1.807, 2.05) is 17.4 Å². The molecule has 2 rings (SSSR count). The maximum Gasteiger partial charge on any atom is 0.119 e. The first kappa shape index (κ1) is 16.5. The molecule has 0 aliphatic carbocycles. The largest absolute Gasteiger partial charge is 0.497 e. The third-order valence-electron chi connectivity index (χ3n) is 3.51. The minimum Gasteiger partial charge on any atom is -0.497 e. The van der Waals surface area contributed by atoms with Crippen molar-refractivity contribution in [3.63, 3.8) is 0 Å². The zero-order chi connectivity index (χ0) is 15.1. The van der Waals surface area contributed by atoms with Gasteiger partial charge in [-0.25, -0.2) is 0 Å². The number of methoxy groups -OCH3 is 1. The fraction of sp³-hybridized carbons (Fsp3) is 0.412. The van der Waals surface area contributed by atoms with Crippen molar-refractivity contribution in [2.45, 2.75) is 19.8 Å². The summed E-state index contributed by atoms with van der Waals surface area (Å²) in [6.07, 6.45) is 2.16. The Hall–Kier alpha value is -0.840. The average molecular weight is 368 g/mol. The van der Waals surface area contributed by atoms with Gasteiger partial charge in [-0.15, -0.1) is 11.3 Å². The molecule has 0 saturated carbocycles. The molecule has 1 N–H and O–H groups in total. The van der Waals surface area contributed by atoms with Crippen LogP contribution >= 0.6 is 27.3 Å². The first-order valence-corrected chi connectivity index (χ1v) is 8.95. The Morgan fingerprint density at radius 3 is 2.81 bits per heavy atom. The van der Waals surface area contributed by atoms with Crippen LogP contribution in [0.5, 0.6) is 5.75 Å². The maximum atomic E-state index is 5.32. The normalized spacial score (nSPS) is 12.3. The summed E-state index contributed by atoms with van der Waals surface area (Å²) in [5.74, 6) is 1.53. The molecule has 1 heterocycles. The van der Waals surface area contributed by atoms with E-state index in [2.05, 4.69) is 57.8 Å². The molecule has 0 aliphatic rings. The summed E-state index contributed by atoms with van der Waals surface area (Å²) >= 11 is 5.47. The minimum atomic E-state index is 0.590. The van der Waals surface area contributed by atoms with Crippen molar-refractivity contribution in [1.29, 1.82) is 0 Å². The number of ether oxygens (including phenoxy) is 1. The van der Waals surface area contributed by atoms with Crippen LogP contribution in [0.4, 0.5) is 0 Å². The van der Waals surface area contributed by atoms with Gasteiger partial charge in [0, 0.05) is 9.35 Å². The van der Waals surface area contributed by atoms with Gasteiger partial charge in [-0.1, -0.05) is 19.1 Å². The summed E-state index contributed by atoms with van der Waals surface area (Å²) in [5, 5.41) is 5.64. The summed E-state index contributed by atoms with van der Waals surface area (Å²) in [4.78, 5) is 1.43. The summed E-state index contributed by atoms with van der Waals surface area (Å²) in [7, 11) is 1.72. The van der Waals surface area contributed by atoms with Crippen LogP contribution in [0.15, 0.2) is 40.2 Å². The van der Waals surface area contributed by atoms with Crippen molar-refractivity contribution >= 4 is 27.3 Å². The fourth-order valence-electron chi connectivity index (χ4n) is 2.43. The standard InChI is InChI=1S/C17H22BrNOS/c1-3-19-12-14(11-17-16(18)7-8-21-17)9-13-5-4-6-15(10-13)20-2/h4-8,10,14,19H,3,9,11-12H2,1-2H3. The number of hydrogen-bond donors (Lipinski definition) is 1. The second kappa shape index (κ2) is 8.57. The zero-order valence-electron chi connectivity index (χ0n) is 12.6. The number of rotatable bonds is 8. The smallest absolute Gasteiger partial charge is 0.119 e. The van der Waals surface area contributed by atoms with Crippen LogP contribution < -0.4 is 10.1 Å². The molecule has 0 bridgehead atoms. The third-order valence-corrected chi connectivity index (χ3v) is 5.46. The van der Waals surface area contributed by atoms with Gasteiger partial charge < -0.3 is 10.1 Å². The molecule has 0 amide bonds. The first-order chi connectivity index (χ1) is 10.2. The molecular weight excluding hydrogens is 346 g/mol. The van der Waals surface area contributed by atoms with E-state index in [9.17, 15) is 0 Å². The summed E-state index contributed by atoms with van der Waals surface area (Å²) < 4.78 is 6.56. The van der Waals surface area contributed by atoms with Crippen molar-refractivity contribution < 1.29 is 4.74 Å². The summed E-state index contributed by atoms with van der Waals surface area (Å²) in [5.41, 5.74) is 1.34. The first-order valence-electron chi connectivity index (χ1n) is 7.28.